The van der Waals surface area contributed by atoms with Gasteiger partial charge in [0.25, 0.3) is 11.5 Å². The van der Waals surface area contributed by atoms with Crippen LogP contribution in [-0.4, -0.2) is 36.4 Å². The van der Waals surface area contributed by atoms with Crippen molar-refractivity contribution in [2.24, 2.45) is 12.0 Å². The van der Waals surface area contributed by atoms with Crippen molar-refractivity contribution >= 4 is 34.4 Å². The van der Waals surface area contributed by atoms with E-state index in [9.17, 15) is 9.59 Å². The second kappa shape index (κ2) is 11.2. The van der Waals surface area contributed by atoms with E-state index in [0.717, 1.165) is 11.3 Å². The molecule has 10 nitrogen and oxygen atoms in total. The summed E-state index contributed by atoms with van der Waals surface area (Å²) in [4.78, 5) is 40.6. The summed E-state index contributed by atoms with van der Waals surface area (Å²) in [6.07, 6.45) is 7.55. The first kappa shape index (κ1) is 27.4. The predicted molar refractivity (Wildman–Crippen MR) is 167 cm³/mol. The summed E-state index contributed by atoms with van der Waals surface area (Å²) < 4.78 is 3.37. The van der Waals surface area contributed by atoms with E-state index in [-0.39, 0.29) is 17.1 Å². The van der Waals surface area contributed by atoms with Gasteiger partial charge in [0, 0.05) is 36.6 Å². The molecule has 1 unspecified atom stereocenters. The molecule has 0 saturated heterocycles. The van der Waals surface area contributed by atoms with Crippen molar-refractivity contribution < 1.29 is 4.79 Å². The minimum absolute atomic E-state index is 0.00190. The lowest BCUT2D eigenvalue weighted by molar-refractivity contribution is 0.0934. The Hall–Kier alpha value is -5.82. The zero-order valence-corrected chi connectivity index (χ0v) is 23.9. The van der Waals surface area contributed by atoms with Gasteiger partial charge in [-0.2, -0.15) is 5.10 Å². The van der Waals surface area contributed by atoms with Crippen molar-refractivity contribution in [3.8, 4) is 17.5 Å². The number of aromatic nitrogens is 5. The molecule has 1 aliphatic rings. The third-order valence-corrected chi connectivity index (χ3v) is 7.37. The van der Waals surface area contributed by atoms with Crippen LogP contribution < -0.4 is 16.6 Å². The van der Waals surface area contributed by atoms with Gasteiger partial charge in [0.15, 0.2) is 11.5 Å². The number of anilines is 1. The van der Waals surface area contributed by atoms with Crippen LogP contribution in [0.4, 0.5) is 5.82 Å². The number of nitrogen functional groups attached to an aromatic ring is 1. The maximum atomic E-state index is 14.3. The van der Waals surface area contributed by atoms with E-state index < -0.39 is 11.9 Å². The normalized spacial score (nSPS) is 13.0. The highest BCUT2D eigenvalue weighted by Gasteiger charge is 2.22. The number of nitrogens with two attached hydrogens (primary N) is 1. The van der Waals surface area contributed by atoms with Gasteiger partial charge in [0.2, 0.25) is 0 Å². The number of rotatable bonds is 5. The molecular formula is C33H28N8O2. The fourth-order valence-corrected chi connectivity index (χ4v) is 4.97. The van der Waals surface area contributed by atoms with Gasteiger partial charge >= 0.3 is 0 Å². The molecule has 0 aliphatic carbocycles. The molecule has 1 amide bonds. The Balaban J connectivity index is 1.44. The van der Waals surface area contributed by atoms with E-state index >= 15 is 0 Å². The van der Waals surface area contributed by atoms with Crippen molar-refractivity contribution in [2.45, 2.75) is 26.3 Å². The average Bonchev–Trinajstić information content (AvgIpc) is 3.66. The van der Waals surface area contributed by atoms with Gasteiger partial charge in [-0.05, 0) is 43.5 Å². The molecule has 0 spiro atoms. The molecule has 0 saturated carbocycles. The molecule has 3 aromatic heterocycles. The zero-order valence-electron chi connectivity index (χ0n) is 23.9. The van der Waals surface area contributed by atoms with E-state index in [1.165, 1.54) is 6.20 Å². The van der Waals surface area contributed by atoms with Gasteiger partial charge < -0.3 is 11.1 Å². The number of carbonyl (C=O) groups excluding carboxylic acids is 1. The standard InChI is InChI=1S/C33H28N8O2/c1-20(38-32(42)30-31(34)36-19-27(39-30)26-13-8-16-35-26)28-17-23-10-7-9-22(14-15-24-18-37-40(3)21(24)2)29(23)33(43)41(28)25-11-5-4-6-12-25/h4-7,9-13,16-20H,8H2,1-3H3,(H2,34,36)(H,38,42). The van der Waals surface area contributed by atoms with Crippen molar-refractivity contribution in [3.05, 3.63) is 117 Å². The number of hydrogen-bond donors (Lipinski definition) is 2. The van der Waals surface area contributed by atoms with E-state index in [1.807, 2.05) is 81.6 Å². The van der Waals surface area contributed by atoms with Gasteiger partial charge in [0.1, 0.15) is 5.69 Å². The van der Waals surface area contributed by atoms with Gasteiger partial charge in [-0.1, -0.05) is 48.2 Å². The Kier molecular flexibility index (Phi) is 7.14. The fraction of sp³-hybridized carbons (Fsp3) is 0.152. The molecule has 5 aromatic rings. The maximum Gasteiger partial charge on any atom is 0.274 e. The smallest absolute Gasteiger partial charge is 0.274 e. The minimum Gasteiger partial charge on any atom is -0.382 e. The lowest BCUT2D eigenvalue weighted by Crippen LogP contribution is -2.33. The van der Waals surface area contributed by atoms with Crippen molar-refractivity contribution in [1.29, 1.82) is 0 Å². The molecule has 212 valence electrons. The Labute approximate surface area is 247 Å². The second-order valence-corrected chi connectivity index (χ2v) is 10.2. The summed E-state index contributed by atoms with van der Waals surface area (Å²) in [5, 5.41) is 8.41. The van der Waals surface area contributed by atoms with Crippen LogP contribution in [0.15, 0.2) is 82.9 Å². The number of fused-ring (bicyclic) bond motifs is 1. The minimum atomic E-state index is -0.605. The number of hydrogen-bond acceptors (Lipinski definition) is 7. The summed E-state index contributed by atoms with van der Waals surface area (Å²) in [6, 6.07) is 16.2. The quantitative estimate of drug-likeness (QED) is 0.307. The Bertz CT molecular complexity index is 2080. The summed E-state index contributed by atoms with van der Waals surface area (Å²) in [6.45, 7) is 3.75. The number of amides is 1. The molecule has 1 atom stereocenters. The van der Waals surface area contributed by atoms with Crippen LogP contribution in [-0.2, 0) is 7.05 Å². The van der Waals surface area contributed by atoms with Crippen LogP contribution in [0.1, 0.15) is 58.1 Å². The number of allylic oxidation sites excluding steroid dienone is 1. The van der Waals surface area contributed by atoms with E-state index in [4.69, 9.17) is 5.73 Å². The molecule has 4 heterocycles. The molecule has 2 aromatic carbocycles. The lowest BCUT2D eigenvalue weighted by Gasteiger charge is -2.21. The van der Waals surface area contributed by atoms with Crippen LogP contribution in [0.5, 0.6) is 0 Å². The van der Waals surface area contributed by atoms with E-state index in [2.05, 4.69) is 37.2 Å². The Morgan fingerprint density at radius 3 is 2.58 bits per heavy atom. The lowest BCUT2D eigenvalue weighted by atomic mass is 10.0. The Morgan fingerprint density at radius 1 is 1.07 bits per heavy atom. The number of benzene rings is 2. The first-order valence-corrected chi connectivity index (χ1v) is 13.7. The molecule has 1 aliphatic heterocycles. The average molecular weight is 569 g/mol. The van der Waals surface area contributed by atoms with Crippen LogP contribution >= 0.6 is 0 Å². The summed E-state index contributed by atoms with van der Waals surface area (Å²) in [5.74, 6) is 5.84. The van der Waals surface area contributed by atoms with E-state index in [1.54, 1.807) is 21.7 Å². The topological polar surface area (TPSA) is 133 Å². The first-order chi connectivity index (χ1) is 20.8. The zero-order chi connectivity index (χ0) is 30.1. The fourth-order valence-electron chi connectivity index (χ4n) is 4.97. The van der Waals surface area contributed by atoms with Crippen LogP contribution in [0.2, 0.25) is 0 Å². The molecule has 0 fully saturated rings. The third-order valence-electron chi connectivity index (χ3n) is 7.37. The SMILES string of the molecule is Cc1c(C#Cc2cccc3cc(C(C)NC(=O)c4nc(C5=CCC=N5)cnc4N)n(-c4ccccc4)c(=O)c23)cnn1C. The number of aryl methyl sites for hydroxylation is 1. The van der Waals surface area contributed by atoms with Gasteiger partial charge in [-0.3, -0.25) is 23.8 Å². The number of aliphatic imine (C=N–C) groups is 1. The second-order valence-electron chi connectivity index (χ2n) is 10.2. The predicted octanol–water partition coefficient (Wildman–Crippen LogP) is 4.11. The third kappa shape index (κ3) is 5.20. The van der Waals surface area contributed by atoms with Crippen molar-refractivity contribution in [1.82, 2.24) is 29.6 Å². The number of para-hydroxylation sites is 1. The van der Waals surface area contributed by atoms with Crippen LogP contribution in [0.25, 0.3) is 22.2 Å². The van der Waals surface area contributed by atoms with E-state index in [0.29, 0.717) is 45.5 Å². The molecule has 6 rings (SSSR count). The molecular weight excluding hydrogens is 540 g/mol. The maximum absolute atomic E-state index is 14.3. The molecule has 43 heavy (non-hydrogen) atoms. The first-order valence-electron chi connectivity index (χ1n) is 13.7. The highest BCUT2D eigenvalue weighted by atomic mass is 16.2. The summed E-state index contributed by atoms with van der Waals surface area (Å²) in [5.41, 5.74) is 10.5. The highest BCUT2D eigenvalue weighted by Crippen LogP contribution is 2.24. The molecule has 10 heteroatoms. The van der Waals surface area contributed by atoms with Crippen molar-refractivity contribution in [2.75, 3.05) is 5.73 Å². The van der Waals surface area contributed by atoms with Crippen LogP contribution in [0, 0.1) is 18.8 Å². The largest absolute Gasteiger partial charge is 0.382 e. The summed E-state index contributed by atoms with van der Waals surface area (Å²) >= 11 is 0. The van der Waals surface area contributed by atoms with Crippen molar-refractivity contribution in [3.63, 3.8) is 0 Å². The molecule has 0 radical (unpaired) electrons. The number of carbonyl (C=O) groups is 1. The molecule has 3 N–H and O–H groups in total. The van der Waals surface area contributed by atoms with Gasteiger partial charge in [-0.25, -0.2) is 9.97 Å². The number of nitrogens with zero attached hydrogens (tertiary/aromatic N) is 6. The summed E-state index contributed by atoms with van der Waals surface area (Å²) in [7, 11) is 1.86. The molecule has 0 bridgehead atoms. The Morgan fingerprint density at radius 2 is 1.86 bits per heavy atom. The van der Waals surface area contributed by atoms with Gasteiger partial charge in [0.05, 0.1) is 40.8 Å². The van der Waals surface area contributed by atoms with Gasteiger partial charge in [-0.15, -0.1) is 0 Å². The number of nitrogens with one attached hydrogen (secondary N) is 1. The monoisotopic (exact) mass is 568 g/mol. The number of pyridine rings is 1. The highest BCUT2D eigenvalue weighted by molar-refractivity contribution is 5.97. The van der Waals surface area contributed by atoms with Crippen LogP contribution in [0.3, 0.4) is 0 Å².